The van der Waals surface area contributed by atoms with Gasteiger partial charge < -0.3 is 19.9 Å². The molecule has 7 heteroatoms. The fourth-order valence-electron chi connectivity index (χ4n) is 3.08. The lowest BCUT2D eigenvalue weighted by molar-refractivity contribution is 0.411. The number of benzene rings is 2. The van der Waals surface area contributed by atoms with Gasteiger partial charge in [-0.1, -0.05) is 0 Å². The van der Waals surface area contributed by atoms with E-state index in [1.54, 1.807) is 11.0 Å². The van der Waals surface area contributed by atoms with E-state index in [0.29, 0.717) is 22.4 Å². The summed E-state index contributed by atoms with van der Waals surface area (Å²) in [6, 6.07) is 12.0. The number of aliphatic hydroxyl groups excluding tert-OH is 1. The molecule has 0 unspecified atom stereocenters. The van der Waals surface area contributed by atoms with E-state index in [1.165, 1.54) is 12.1 Å². The van der Waals surface area contributed by atoms with Crippen LogP contribution in [-0.4, -0.2) is 41.6 Å². The van der Waals surface area contributed by atoms with Gasteiger partial charge >= 0.3 is 0 Å². The Morgan fingerprint density at radius 3 is 2.62 bits per heavy atom. The van der Waals surface area contributed by atoms with Crippen LogP contribution in [0.4, 0.5) is 15.8 Å². The lowest BCUT2D eigenvalue weighted by atomic mass is 10.2. The molecule has 4 rings (SSSR count). The lowest BCUT2D eigenvalue weighted by Crippen LogP contribution is -2.26. The number of nitrogens with zero attached hydrogens (tertiary/aromatic N) is 3. The van der Waals surface area contributed by atoms with Crippen molar-refractivity contribution in [2.24, 2.45) is 0 Å². The largest absolute Gasteiger partial charge is 0.509 e. The maximum absolute atomic E-state index is 13.4. The van der Waals surface area contributed by atoms with E-state index < -0.39 is 0 Å². The van der Waals surface area contributed by atoms with E-state index >= 15 is 0 Å². The summed E-state index contributed by atoms with van der Waals surface area (Å²) in [6.07, 6.45) is 0. The number of imidazole rings is 1. The van der Waals surface area contributed by atoms with E-state index in [9.17, 15) is 9.50 Å². The summed E-state index contributed by atoms with van der Waals surface area (Å²) in [5.74, 6) is 0.210. The summed E-state index contributed by atoms with van der Waals surface area (Å²) < 4.78 is 13.4. The molecule has 0 radical (unpaired) electrons. The number of hydrogen-bond acceptors (Lipinski definition) is 4. The first kappa shape index (κ1) is 16.1. The number of hydrogen-bond donors (Lipinski definition) is 3. The summed E-state index contributed by atoms with van der Waals surface area (Å²) >= 11 is 0. The maximum atomic E-state index is 13.4. The van der Waals surface area contributed by atoms with Crippen molar-refractivity contribution < 1.29 is 9.50 Å². The highest BCUT2D eigenvalue weighted by atomic mass is 19.1. The zero-order chi connectivity index (χ0) is 18.4. The van der Waals surface area contributed by atoms with Crippen LogP contribution in [0.1, 0.15) is 5.82 Å². The van der Waals surface area contributed by atoms with Gasteiger partial charge in [-0.05, 0) is 42.5 Å². The molecule has 0 atom stereocenters. The third-order valence-corrected chi connectivity index (χ3v) is 4.46. The van der Waals surface area contributed by atoms with Crippen molar-refractivity contribution in [1.82, 2.24) is 9.97 Å². The van der Waals surface area contributed by atoms with Crippen LogP contribution in [0.3, 0.4) is 0 Å². The van der Waals surface area contributed by atoms with Gasteiger partial charge in [-0.25, -0.2) is 9.37 Å². The van der Waals surface area contributed by atoms with Crippen LogP contribution >= 0.6 is 0 Å². The van der Waals surface area contributed by atoms with Gasteiger partial charge in [-0.15, -0.1) is 0 Å². The Kier molecular flexibility index (Phi) is 3.64. The average Bonchev–Trinajstić information content (AvgIpc) is 3.14. The number of aliphatic hydroxyl groups is 1. The third-order valence-electron chi connectivity index (χ3n) is 4.46. The van der Waals surface area contributed by atoms with Crippen molar-refractivity contribution in [3.63, 3.8) is 0 Å². The van der Waals surface area contributed by atoms with Gasteiger partial charge in [0.05, 0.1) is 23.2 Å². The summed E-state index contributed by atoms with van der Waals surface area (Å²) in [5, 5.41) is 18.9. The van der Waals surface area contributed by atoms with Crippen molar-refractivity contribution in [3.8, 4) is 0 Å². The van der Waals surface area contributed by atoms with Crippen LogP contribution in [0.5, 0.6) is 0 Å². The predicted octanol–water partition coefficient (Wildman–Crippen LogP) is 3.53. The molecular weight excluding hydrogens is 333 g/mol. The summed E-state index contributed by atoms with van der Waals surface area (Å²) in [4.78, 5) is 11.1. The quantitative estimate of drug-likeness (QED) is 0.674. The third kappa shape index (κ3) is 2.57. The Bertz CT molecular complexity index is 1040. The molecule has 3 N–H and O–H groups in total. The van der Waals surface area contributed by atoms with Gasteiger partial charge in [-0.3, -0.25) is 5.41 Å². The minimum Gasteiger partial charge on any atom is -0.509 e. The Morgan fingerprint density at radius 1 is 1.19 bits per heavy atom. The molecule has 1 aromatic heterocycles. The molecule has 2 heterocycles. The second-order valence-corrected chi connectivity index (χ2v) is 6.41. The van der Waals surface area contributed by atoms with Crippen LogP contribution in [-0.2, 0) is 0 Å². The first-order valence-corrected chi connectivity index (χ1v) is 8.15. The molecule has 26 heavy (non-hydrogen) atoms. The molecule has 3 aromatic rings. The molecule has 0 aliphatic carbocycles. The minimum absolute atomic E-state index is 0.0613. The van der Waals surface area contributed by atoms with Crippen LogP contribution in [0.2, 0.25) is 0 Å². The topological polar surface area (TPSA) is 79.2 Å². The average molecular weight is 351 g/mol. The molecule has 0 bridgehead atoms. The number of aromatic amines is 1. The van der Waals surface area contributed by atoms with E-state index in [-0.39, 0.29) is 24.0 Å². The van der Waals surface area contributed by atoms with Crippen LogP contribution < -0.4 is 9.80 Å². The number of fused-ring (bicyclic) bond motifs is 1. The highest BCUT2D eigenvalue weighted by Gasteiger charge is 2.31. The zero-order valence-electron chi connectivity index (χ0n) is 14.4. The maximum Gasteiger partial charge on any atom is 0.145 e. The Morgan fingerprint density at radius 2 is 1.92 bits per heavy atom. The smallest absolute Gasteiger partial charge is 0.145 e. The van der Waals surface area contributed by atoms with Crippen LogP contribution in [0, 0.1) is 11.2 Å². The van der Waals surface area contributed by atoms with Crippen molar-refractivity contribution in [1.29, 1.82) is 5.41 Å². The van der Waals surface area contributed by atoms with Gasteiger partial charge in [-0.2, -0.15) is 0 Å². The number of halogens is 1. The number of H-pyrrole nitrogens is 1. The van der Waals surface area contributed by atoms with Gasteiger partial charge in [0.2, 0.25) is 0 Å². The Labute approximate surface area is 149 Å². The molecule has 1 aliphatic heterocycles. The van der Waals surface area contributed by atoms with Gasteiger partial charge in [0.1, 0.15) is 23.2 Å². The molecule has 0 amide bonds. The first-order chi connectivity index (χ1) is 12.4. The zero-order valence-corrected chi connectivity index (χ0v) is 14.4. The Hall–Kier alpha value is -3.35. The van der Waals surface area contributed by atoms with Gasteiger partial charge in [0.25, 0.3) is 0 Å². The van der Waals surface area contributed by atoms with Crippen molar-refractivity contribution in [2.45, 2.75) is 0 Å². The monoisotopic (exact) mass is 351 g/mol. The first-order valence-electron chi connectivity index (χ1n) is 8.15. The normalized spacial score (nSPS) is 14.6. The van der Waals surface area contributed by atoms with Crippen LogP contribution in [0.15, 0.2) is 48.2 Å². The van der Waals surface area contributed by atoms with Crippen molar-refractivity contribution >= 4 is 33.8 Å². The summed E-state index contributed by atoms with van der Waals surface area (Å²) in [7, 11) is 3.92. The van der Waals surface area contributed by atoms with Gasteiger partial charge in [0, 0.05) is 25.5 Å². The summed E-state index contributed by atoms with van der Waals surface area (Å²) in [6.45, 7) is 0.195. The fourth-order valence-corrected chi connectivity index (χ4v) is 3.08. The number of rotatable bonds is 3. The van der Waals surface area contributed by atoms with E-state index in [1.807, 2.05) is 43.3 Å². The second kappa shape index (κ2) is 5.87. The molecule has 0 spiro atoms. The van der Waals surface area contributed by atoms with Crippen molar-refractivity contribution in [2.75, 3.05) is 30.4 Å². The highest BCUT2D eigenvalue weighted by Crippen LogP contribution is 2.31. The van der Waals surface area contributed by atoms with Crippen molar-refractivity contribution in [3.05, 3.63) is 59.9 Å². The minimum atomic E-state index is -0.366. The van der Waals surface area contributed by atoms with E-state index in [4.69, 9.17) is 5.41 Å². The molecule has 0 fully saturated rings. The standard InChI is InChI=1S/C19H18FN5O/c1-24(2)12-4-6-13(7-5-12)25-10-16(26)17(18(25)21)19-22-14-8-3-11(20)9-15(14)23-19/h3-9,21,26H,10H2,1-2H3,(H,22,23). The molecule has 1 aliphatic rings. The SMILES string of the molecule is CN(C)c1ccc(N2CC(O)=C(c3nc4ccc(F)cc4[nH]3)C2=N)cc1. The molecule has 6 nitrogen and oxygen atoms in total. The molecule has 132 valence electrons. The molecule has 2 aromatic carbocycles. The number of amidine groups is 1. The Balaban J connectivity index is 1.67. The summed E-state index contributed by atoms with van der Waals surface area (Å²) in [5.41, 5.74) is 3.31. The number of aromatic nitrogens is 2. The molecule has 0 saturated heterocycles. The predicted molar refractivity (Wildman–Crippen MR) is 101 cm³/mol. The molecule has 0 saturated carbocycles. The van der Waals surface area contributed by atoms with E-state index in [2.05, 4.69) is 9.97 Å². The number of anilines is 2. The molecular formula is C19H18FN5O. The second-order valence-electron chi connectivity index (χ2n) is 6.41. The fraction of sp³-hybridized carbons (Fsp3) is 0.158. The van der Waals surface area contributed by atoms with Gasteiger partial charge in [0.15, 0.2) is 0 Å². The lowest BCUT2D eigenvalue weighted by Gasteiger charge is -2.20. The number of nitrogens with one attached hydrogen (secondary N) is 2. The van der Waals surface area contributed by atoms with E-state index in [0.717, 1.165) is 11.4 Å². The van der Waals surface area contributed by atoms with Crippen LogP contribution in [0.25, 0.3) is 16.6 Å². The highest BCUT2D eigenvalue weighted by molar-refractivity contribution is 6.30.